The number of carbonyl (C=O) groups excluding carboxylic acids is 2. The van der Waals surface area contributed by atoms with E-state index < -0.39 is 17.4 Å². The largest absolute Gasteiger partial charge is 0.292 e. The van der Waals surface area contributed by atoms with Crippen molar-refractivity contribution in [2.75, 3.05) is 4.90 Å². The quantitative estimate of drug-likeness (QED) is 0.632. The Morgan fingerprint density at radius 2 is 1.95 bits per heavy atom. The zero-order valence-corrected chi connectivity index (χ0v) is 12.1. The topological polar surface area (TPSA) is 84.6 Å². The summed E-state index contributed by atoms with van der Waals surface area (Å²) < 4.78 is 1.25. The van der Waals surface area contributed by atoms with Crippen LogP contribution in [0.25, 0.3) is 4.96 Å². The van der Waals surface area contributed by atoms with Gasteiger partial charge in [0.1, 0.15) is 11.1 Å². The maximum absolute atomic E-state index is 12.6. The average Bonchev–Trinajstić information content (AvgIpc) is 2.95. The van der Waals surface area contributed by atoms with Crippen molar-refractivity contribution < 1.29 is 9.59 Å². The molecule has 0 atom stereocenters. The van der Waals surface area contributed by atoms with Gasteiger partial charge in [-0.3, -0.25) is 14.4 Å². The molecule has 1 aliphatic heterocycles. The second-order valence-corrected chi connectivity index (χ2v) is 5.83. The molecule has 2 aromatic heterocycles. The van der Waals surface area contributed by atoms with Crippen molar-refractivity contribution in [2.45, 2.75) is 6.92 Å². The van der Waals surface area contributed by atoms with E-state index in [1.165, 1.54) is 4.52 Å². The zero-order chi connectivity index (χ0) is 15.4. The first-order valence-corrected chi connectivity index (χ1v) is 7.22. The van der Waals surface area contributed by atoms with E-state index in [1.807, 2.05) is 13.0 Å². The molecule has 0 radical (unpaired) electrons. The highest BCUT2D eigenvalue weighted by molar-refractivity contribution is 7.19. The van der Waals surface area contributed by atoms with Crippen LogP contribution < -0.4 is 10.5 Å². The lowest BCUT2D eigenvalue weighted by atomic mass is 10.2. The molecular weight excluding hydrogens is 304 g/mol. The van der Waals surface area contributed by atoms with Crippen molar-refractivity contribution in [1.82, 2.24) is 14.6 Å². The van der Waals surface area contributed by atoms with Gasteiger partial charge in [0.2, 0.25) is 4.96 Å². The van der Waals surface area contributed by atoms with E-state index in [0.717, 1.165) is 28.0 Å². The van der Waals surface area contributed by atoms with Crippen LogP contribution in [-0.2, 0) is 0 Å². The fraction of sp³-hybridized carbons (Fsp3) is 0.0714. The highest BCUT2D eigenvalue weighted by atomic mass is 32.1. The van der Waals surface area contributed by atoms with Crippen LogP contribution in [0.15, 0.2) is 35.3 Å². The molecule has 3 heterocycles. The SMILES string of the molecule is Cc1cccc(N2C(=O)c3sc4nc(=O)cnn4c3C2=O)c1. The van der Waals surface area contributed by atoms with Crippen molar-refractivity contribution in [3.63, 3.8) is 0 Å². The van der Waals surface area contributed by atoms with Gasteiger partial charge in [0.05, 0.1) is 5.69 Å². The first kappa shape index (κ1) is 12.8. The van der Waals surface area contributed by atoms with Gasteiger partial charge >= 0.3 is 0 Å². The van der Waals surface area contributed by atoms with Gasteiger partial charge in [-0.15, -0.1) is 0 Å². The van der Waals surface area contributed by atoms with Gasteiger partial charge in [-0.25, -0.2) is 4.90 Å². The van der Waals surface area contributed by atoms with E-state index >= 15 is 0 Å². The molecule has 0 unspecified atom stereocenters. The predicted molar refractivity (Wildman–Crippen MR) is 79.5 cm³/mol. The molecule has 22 heavy (non-hydrogen) atoms. The van der Waals surface area contributed by atoms with Crippen LogP contribution in [0.2, 0.25) is 0 Å². The minimum Gasteiger partial charge on any atom is -0.267 e. The minimum atomic E-state index is -0.504. The summed E-state index contributed by atoms with van der Waals surface area (Å²) in [6, 6.07) is 7.14. The summed E-state index contributed by atoms with van der Waals surface area (Å²) in [6.45, 7) is 1.88. The lowest BCUT2D eigenvalue weighted by Crippen LogP contribution is -2.30. The molecule has 8 heteroatoms. The predicted octanol–water partition coefficient (Wildman–Crippen LogP) is 1.26. The standard InChI is InChI=1S/C14H8N4O3S/c1-7-3-2-4-8(5-7)17-12(20)10-11(13(17)21)22-14-16-9(19)6-15-18(10)14/h2-6H,1H3. The van der Waals surface area contributed by atoms with Gasteiger partial charge in [0.25, 0.3) is 17.4 Å². The Hall–Kier alpha value is -2.87. The molecule has 1 aromatic carbocycles. The summed E-state index contributed by atoms with van der Waals surface area (Å²) in [5.74, 6) is -0.884. The van der Waals surface area contributed by atoms with Crippen molar-refractivity contribution in [2.24, 2.45) is 0 Å². The molecule has 3 aromatic rings. The van der Waals surface area contributed by atoms with E-state index in [1.54, 1.807) is 18.2 Å². The third-order valence-electron chi connectivity index (χ3n) is 3.35. The Morgan fingerprint density at radius 3 is 2.73 bits per heavy atom. The Labute approximate surface area is 127 Å². The third-order valence-corrected chi connectivity index (χ3v) is 4.37. The van der Waals surface area contributed by atoms with Crippen molar-refractivity contribution in [3.05, 3.63) is 57.0 Å². The van der Waals surface area contributed by atoms with Crippen molar-refractivity contribution >= 4 is 33.8 Å². The smallest absolute Gasteiger partial charge is 0.267 e. The number of anilines is 1. The van der Waals surface area contributed by atoms with Crippen LogP contribution in [0, 0.1) is 6.92 Å². The first-order chi connectivity index (χ1) is 10.6. The van der Waals surface area contributed by atoms with Crippen LogP contribution >= 0.6 is 11.3 Å². The lowest BCUT2D eigenvalue weighted by Gasteiger charge is -2.14. The molecule has 0 N–H and O–H groups in total. The van der Waals surface area contributed by atoms with Crippen LogP contribution in [0.5, 0.6) is 0 Å². The number of imide groups is 1. The number of thiazole rings is 1. The van der Waals surface area contributed by atoms with Crippen molar-refractivity contribution in [3.8, 4) is 0 Å². The molecule has 4 rings (SSSR count). The molecular formula is C14H8N4O3S. The van der Waals surface area contributed by atoms with Crippen LogP contribution in [0.4, 0.5) is 5.69 Å². The summed E-state index contributed by atoms with van der Waals surface area (Å²) in [5.41, 5.74) is 1.11. The van der Waals surface area contributed by atoms with Crippen LogP contribution in [-0.4, -0.2) is 26.4 Å². The monoisotopic (exact) mass is 312 g/mol. The fourth-order valence-electron chi connectivity index (χ4n) is 2.42. The van der Waals surface area contributed by atoms with Crippen LogP contribution in [0.1, 0.15) is 25.7 Å². The van der Waals surface area contributed by atoms with E-state index in [4.69, 9.17) is 0 Å². The number of hydrogen-bond donors (Lipinski definition) is 0. The molecule has 108 valence electrons. The Bertz CT molecular complexity index is 1020. The van der Waals surface area contributed by atoms with E-state index in [9.17, 15) is 14.4 Å². The molecule has 0 bridgehead atoms. The fourth-order valence-corrected chi connectivity index (χ4v) is 3.41. The number of carbonyl (C=O) groups is 2. The normalized spacial score (nSPS) is 14.0. The number of rotatable bonds is 1. The van der Waals surface area contributed by atoms with Gasteiger partial charge in [-0.05, 0) is 24.6 Å². The second-order valence-electron chi connectivity index (χ2n) is 4.85. The second kappa shape index (κ2) is 4.31. The number of benzene rings is 1. The lowest BCUT2D eigenvalue weighted by molar-refractivity contribution is 0.0924. The minimum absolute atomic E-state index is 0.152. The highest BCUT2D eigenvalue weighted by Gasteiger charge is 2.41. The summed E-state index contributed by atoms with van der Waals surface area (Å²) in [7, 11) is 0. The summed E-state index contributed by atoms with van der Waals surface area (Å²) in [6.07, 6.45) is 1.02. The number of amides is 2. The zero-order valence-electron chi connectivity index (χ0n) is 11.3. The Kier molecular flexibility index (Phi) is 2.52. The average molecular weight is 312 g/mol. The first-order valence-electron chi connectivity index (χ1n) is 6.40. The maximum atomic E-state index is 12.6. The Balaban J connectivity index is 1.92. The summed E-state index contributed by atoms with van der Waals surface area (Å²) in [4.78, 5) is 41.8. The van der Waals surface area contributed by atoms with Gasteiger partial charge in [-0.2, -0.15) is 14.6 Å². The molecule has 0 saturated heterocycles. The number of hydrogen-bond acceptors (Lipinski definition) is 6. The number of fused-ring (bicyclic) bond motifs is 3. The van der Waals surface area contributed by atoms with E-state index in [2.05, 4.69) is 10.1 Å². The molecule has 7 nitrogen and oxygen atoms in total. The van der Waals surface area contributed by atoms with Gasteiger partial charge < -0.3 is 0 Å². The molecule has 0 saturated carbocycles. The van der Waals surface area contributed by atoms with Gasteiger partial charge in [0.15, 0.2) is 5.69 Å². The third kappa shape index (κ3) is 1.64. The molecule has 0 spiro atoms. The molecule has 1 aliphatic rings. The summed E-state index contributed by atoms with van der Waals surface area (Å²) >= 11 is 0.992. The molecule has 2 amide bonds. The van der Waals surface area contributed by atoms with E-state index in [-0.39, 0.29) is 15.5 Å². The van der Waals surface area contributed by atoms with Crippen LogP contribution in [0.3, 0.4) is 0 Å². The van der Waals surface area contributed by atoms with Gasteiger partial charge in [0, 0.05) is 0 Å². The highest BCUT2D eigenvalue weighted by Crippen LogP contribution is 2.33. The number of aromatic nitrogens is 3. The Morgan fingerprint density at radius 1 is 1.14 bits per heavy atom. The maximum Gasteiger partial charge on any atom is 0.292 e. The number of aryl methyl sites for hydroxylation is 1. The van der Waals surface area contributed by atoms with Crippen molar-refractivity contribution in [1.29, 1.82) is 0 Å². The van der Waals surface area contributed by atoms with E-state index in [0.29, 0.717) is 5.69 Å². The summed E-state index contributed by atoms with van der Waals surface area (Å²) in [5, 5.41) is 3.90. The van der Waals surface area contributed by atoms with Gasteiger partial charge in [-0.1, -0.05) is 23.5 Å². The molecule has 0 fully saturated rings. The number of nitrogens with zero attached hydrogens (tertiary/aromatic N) is 4. The molecule has 0 aliphatic carbocycles.